The summed E-state index contributed by atoms with van der Waals surface area (Å²) in [6.45, 7) is 0.704. The van der Waals surface area contributed by atoms with Crippen molar-refractivity contribution < 1.29 is 35.1 Å². The van der Waals surface area contributed by atoms with E-state index < -0.39 is 57.2 Å². The first kappa shape index (κ1) is 30.1. The van der Waals surface area contributed by atoms with Gasteiger partial charge in [0.25, 0.3) is 0 Å². The van der Waals surface area contributed by atoms with Gasteiger partial charge in [-0.3, -0.25) is 9.11 Å². The first-order valence-electron chi connectivity index (χ1n) is 13.0. The number of aromatic nitrogens is 3. The van der Waals surface area contributed by atoms with Crippen LogP contribution in [0.15, 0.2) is 60.9 Å². The molecule has 9 nitrogen and oxygen atoms in total. The highest BCUT2D eigenvalue weighted by Gasteiger charge is 2.26. The second kappa shape index (κ2) is 12.9. The molecule has 0 radical (unpaired) electrons. The average Bonchev–Trinajstić information content (AvgIpc) is 2.99. The van der Waals surface area contributed by atoms with E-state index in [0.717, 1.165) is 12.1 Å². The van der Waals surface area contributed by atoms with E-state index in [1.807, 2.05) is 0 Å². The standard InChI is InChI=1S/C28H25F5N6O3S/c29-12-17-10-19(14-34-13-17)37-28-36-9-7-22(38-28)20-2-1-8-35-27(20)42-23-11-21(31)26(25(33)24(23)32)39-43(40,41)15-16-3-5-18(30)6-4-16/h1-9,11,17,19,34,39H,10,12-15H2,(H,36,37,38)/t17-,19-/m0/s1. The molecule has 1 saturated heterocycles. The topological polar surface area (TPSA) is 118 Å². The molecule has 1 aliphatic heterocycles. The lowest BCUT2D eigenvalue weighted by atomic mass is 9.97. The van der Waals surface area contributed by atoms with E-state index in [1.54, 1.807) is 10.8 Å². The number of rotatable bonds is 10. The summed E-state index contributed by atoms with van der Waals surface area (Å²) in [6.07, 6.45) is 3.34. The van der Waals surface area contributed by atoms with Gasteiger partial charge in [-0.1, -0.05) is 12.1 Å². The summed E-state index contributed by atoms with van der Waals surface area (Å²) in [4.78, 5) is 12.7. The Labute approximate surface area is 243 Å². The van der Waals surface area contributed by atoms with Crippen LogP contribution < -0.4 is 20.1 Å². The number of sulfonamides is 1. The van der Waals surface area contributed by atoms with Gasteiger partial charge in [-0.15, -0.1) is 0 Å². The lowest BCUT2D eigenvalue weighted by molar-refractivity contribution is 0.282. The highest BCUT2D eigenvalue weighted by atomic mass is 32.2. The molecule has 0 bridgehead atoms. The molecule has 0 unspecified atom stereocenters. The minimum absolute atomic E-state index is 0.124. The van der Waals surface area contributed by atoms with Crippen molar-refractivity contribution in [1.29, 1.82) is 0 Å². The van der Waals surface area contributed by atoms with Gasteiger partial charge in [0.2, 0.25) is 27.7 Å². The SMILES string of the molecule is O=S(=O)(Cc1ccc(F)cc1)Nc1c(F)cc(Oc2ncccc2-c2ccnc(N[C@@H]3CNC[C@H](CF)C3)n2)c(F)c1F. The minimum Gasteiger partial charge on any atom is -0.435 e. The number of hydrogen-bond donors (Lipinski definition) is 3. The summed E-state index contributed by atoms with van der Waals surface area (Å²) in [6, 6.07) is 9.40. The number of pyridine rings is 1. The number of alkyl halides is 1. The van der Waals surface area contributed by atoms with Gasteiger partial charge in [0.15, 0.2) is 17.4 Å². The number of nitrogens with zero attached hydrogens (tertiary/aromatic N) is 3. The zero-order valence-corrected chi connectivity index (χ0v) is 23.1. The van der Waals surface area contributed by atoms with Crippen LogP contribution in [0.1, 0.15) is 12.0 Å². The van der Waals surface area contributed by atoms with Crippen LogP contribution in [0.2, 0.25) is 0 Å². The van der Waals surface area contributed by atoms with Gasteiger partial charge in [0, 0.05) is 43.5 Å². The van der Waals surface area contributed by atoms with E-state index in [0.29, 0.717) is 25.6 Å². The van der Waals surface area contributed by atoms with Gasteiger partial charge in [-0.25, -0.2) is 36.5 Å². The lowest BCUT2D eigenvalue weighted by Crippen LogP contribution is -2.44. The lowest BCUT2D eigenvalue weighted by Gasteiger charge is -2.29. The maximum atomic E-state index is 15.1. The highest BCUT2D eigenvalue weighted by Crippen LogP contribution is 2.36. The maximum Gasteiger partial charge on any atom is 0.237 e. The van der Waals surface area contributed by atoms with Gasteiger partial charge >= 0.3 is 0 Å². The van der Waals surface area contributed by atoms with Gasteiger partial charge in [-0.05, 0) is 42.3 Å². The molecule has 3 heterocycles. The van der Waals surface area contributed by atoms with Gasteiger partial charge in [0.1, 0.15) is 11.5 Å². The fourth-order valence-electron chi connectivity index (χ4n) is 4.52. The van der Waals surface area contributed by atoms with Crippen molar-refractivity contribution in [3.05, 3.63) is 89.8 Å². The van der Waals surface area contributed by atoms with E-state index in [4.69, 9.17) is 4.74 Å². The van der Waals surface area contributed by atoms with Crippen LogP contribution in [0.4, 0.5) is 33.6 Å². The molecule has 4 aromatic rings. The third-order valence-electron chi connectivity index (χ3n) is 6.56. The average molecular weight is 621 g/mol. The highest BCUT2D eigenvalue weighted by molar-refractivity contribution is 7.91. The number of halogens is 5. The molecule has 0 aliphatic carbocycles. The maximum absolute atomic E-state index is 15.1. The van der Waals surface area contributed by atoms with Crippen molar-refractivity contribution in [2.45, 2.75) is 18.2 Å². The third kappa shape index (κ3) is 7.35. The normalized spacial score (nSPS) is 17.0. The summed E-state index contributed by atoms with van der Waals surface area (Å²) < 4.78 is 103. The quantitative estimate of drug-likeness (QED) is 0.164. The molecule has 226 valence electrons. The molecule has 0 spiro atoms. The Balaban J connectivity index is 1.36. The molecule has 1 aliphatic rings. The van der Waals surface area contributed by atoms with E-state index in [-0.39, 0.29) is 40.6 Å². The summed E-state index contributed by atoms with van der Waals surface area (Å²) in [5.41, 5.74) is -0.578. The third-order valence-corrected chi connectivity index (χ3v) is 7.78. The second-order valence-electron chi connectivity index (χ2n) is 9.83. The Morgan fingerprint density at radius 2 is 1.77 bits per heavy atom. The molecule has 2 atom stereocenters. The largest absolute Gasteiger partial charge is 0.435 e. The molecule has 1 fully saturated rings. The summed E-state index contributed by atoms with van der Waals surface area (Å²) in [5.74, 6) is -7.34. The first-order chi connectivity index (χ1) is 20.6. The molecular weight excluding hydrogens is 595 g/mol. The zero-order valence-electron chi connectivity index (χ0n) is 22.3. The molecule has 43 heavy (non-hydrogen) atoms. The Kier molecular flexibility index (Phi) is 9.01. The van der Waals surface area contributed by atoms with Gasteiger partial charge in [-0.2, -0.15) is 4.39 Å². The zero-order chi connectivity index (χ0) is 30.6. The Morgan fingerprint density at radius 1 is 0.977 bits per heavy atom. The summed E-state index contributed by atoms with van der Waals surface area (Å²) >= 11 is 0. The molecular formula is C28H25F5N6O3S. The van der Waals surface area contributed by atoms with Crippen LogP contribution in [0.3, 0.4) is 0 Å². The van der Waals surface area contributed by atoms with Crippen LogP contribution in [0, 0.1) is 29.2 Å². The van der Waals surface area contributed by atoms with Gasteiger partial charge < -0.3 is 15.4 Å². The van der Waals surface area contributed by atoms with Gasteiger partial charge in [0.05, 0.1) is 23.7 Å². The summed E-state index contributed by atoms with van der Waals surface area (Å²) in [5, 5.41) is 6.29. The number of benzene rings is 2. The van der Waals surface area contributed by atoms with Crippen molar-refractivity contribution in [1.82, 2.24) is 20.3 Å². The summed E-state index contributed by atoms with van der Waals surface area (Å²) in [7, 11) is -4.41. The smallest absolute Gasteiger partial charge is 0.237 e. The van der Waals surface area contributed by atoms with Crippen LogP contribution in [-0.4, -0.2) is 49.2 Å². The molecule has 5 rings (SSSR count). The van der Waals surface area contributed by atoms with Crippen molar-refractivity contribution in [2.24, 2.45) is 5.92 Å². The first-order valence-corrected chi connectivity index (χ1v) is 14.7. The number of hydrogen-bond acceptors (Lipinski definition) is 8. The molecule has 15 heteroatoms. The molecule has 2 aromatic carbocycles. The fraction of sp³-hybridized carbons (Fsp3) is 0.250. The predicted molar refractivity (Wildman–Crippen MR) is 149 cm³/mol. The number of nitrogens with one attached hydrogen (secondary N) is 3. The van der Waals surface area contributed by atoms with Crippen LogP contribution in [0.5, 0.6) is 11.6 Å². The fourth-order valence-corrected chi connectivity index (χ4v) is 5.72. The van der Waals surface area contributed by atoms with Crippen LogP contribution >= 0.6 is 0 Å². The monoisotopic (exact) mass is 620 g/mol. The van der Waals surface area contributed by atoms with Crippen molar-refractivity contribution in [3.8, 4) is 22.9 Å². The number of anilines is 2. The van der Waals surface area contributed by atoms with E-state index in [2.05, 4.69) is 25.6 Å². The molecule has 3 N–H and O–H groups in total. The van der Waals surface area contributed by atoms with Crippen LogP contribution in [0.25, 0.3) is 11.3 Å². The van der Waals surface area contributed by atoms with Crippen molar-refractivity contribution >= 4 is 21.7 Å². The van der Waals surface area contributed by atoms with Crippen LogP contribution in [-0.2, 0) is 15.8 Å². The minimum atomic E-state index is -4.41. The second-order valence-corrected chi connectivity index (χ2v) is 11.5. The molecule has 0 saturated carbocycles. The molecule has 0 amide bonds. The van der Waals surface area contributed by atoms with Crippen molar-refractivity contribution in [3.63, 3.8) is 0 Å². The molecule has 2 aromatic heterocycles. The van der Waals surface area contributed by atoms with E-state index in [1.165, 1.54) is 36.7 Å². The number of piperidine rings is 1. The Bertz CT molecular complexity index is 1710. The Hall–Kier alpha value is -4.37. The predicted octanol–water partition coefficient (Wildman–Crippen LogP) is 5.19. The van der Waals surface area contributed by atoms with E-state index >= 15 is 4.39 Å². The Morgan fingerprint density at radius 3 is 2.53 bits per heavy atom. The van der Waals surface area contributed by atoms with Crippen molar-refractivity contribution in [2.75, 3.05) is 29.8 Å². The van der Waals surface area contributed by atoms with E-state index in [9.17, 15) is 26.0 Å². The number of ether oxygens (including phenoxy) is 1.